The van der Waals surface area contributed by atoms with Gasteiger partial charge < -0.3 is 10.6 Å². The van der Waals surface area contributed by atoms with Gasteiger partial charge in [0, 0.05) is 31.4 Å². The highest BCUT2D eigenvalue weighted by Crippen LogP contribution is 2.38. The van der Waals surface area contributed by atoms with Crippen LogP contribution < -0.4 is 5.73 Å². The second-order valence-electron chi connectivity index (χ2n) is 7.85. The van der Waals surface area contributed by atoms with Crippen LogP contribution in [0.5, 0.6) is 0 Å². The largest absolute Gasteiger partial charge is 0.368 e. The first-order valence-electron chi connectivity index (χ1n) is 9.37. The molecule has 26 heavy (non-hydrogen) atoms. The molecule has 2 saturated heterocycles. The summed E-state index contributed by atoms with van der Waals surface area (Å²) in [7, 11) is 0. The first kappa shape index (κ1) is 21.0. The molecule has 2 aliphatic rings. The number of urea groups is 1. The number of nitrogens with zero attached hydrogens (tertiary/aromatic N) is 3. The first-order valence-corrected chi connectivity index (χ1v) is 10.8. The van der Waals surface area contributed by atoms with E-state index in [1.165, 1.54) is 0 Å². The fourth-order valence-corrected chi connectivity index (χ4v) is 4.63. The van der Waals surface area contributed by atoms with Crippen LogP contribution in [-0.2, 0) is 9.59 Å². The lowest BCUT2D eigenvalue weighted by Gasteiger charge is -2.44. The molecule has 0 saturated carbocycles. The molecule has 0 aliphatic carbocycles. The lowest BCUT2D eigenvalue weighted by atomic mass is 9.85. The number of carbonyl (C=O) groups is 3. The Morgan fingerprint density at radius 2 is 1.85 bits per heavy atom. The maximum atomic E-state index is 13.1. The van der Waals surface area contributed by atoms with E-state index in [9.17, 15) is 14.4 Å². The molecule has 1 unspecified atom stereocenters. The summed E-state index contributed by atoms with van der Waals surface area (Å²) in [6.45, 7) is 8.17. The zero-order chi connectivity index (χ0) is 19.5. The number of rotatable bonds is 8. The molecule has 1 spiro atoms. The van der Waals surface area contributed by atoms with Gasteiger partial charge in [-0.2, -0.15) is 11.8 Å². The van der Waals surface area contributed by atoms with Crippen molar-refractivity contribution in [2.45, 2.75) is 51.6 Å². The highest BCUT2D eigenvalue weighted by Gasteiger charge is 2.58. The zero-order valence-electron chi connectivity index (χ0n) is 16.4. The molecule has 0 aromatic heterocycles. The van der Waals surface area contributed by atoms with Crippen molar-refractivity contribution in [2.75, 3.05) is 38.2 Å². The average Bonchev–Trinajstić information content (AvgIpc) is 2.75. The summed E-state index contributed by atoms with van der Waals surface area (Å²) >= 11 is 1.81. The van der Waals surface area contributed by atoms with Gasteiger partial charge in [0.1, 0.15) is 12.1 Å². The molecule has 2 aliphatic heterocycles. The SMILES string of the molecule is CSCC(C)N1CCC2(CC1)C(=O)N(CC(N)=O)C(=O)N2CCC(C)C. The minimum Gasteiger partial charge on any atom is -0.368 e. The van der Waals surface area contributed by atoms with E-state index in [1.54, 1.807) is 4.90 Å². The van der Waals surface area contributed by atoms with Crippen molar-refractivity contribution in [2.24, 2.45) is 11.7 Å². The van der Waals surface area contributed by atoms with E-state index in [2.05, 4.69) is 31.9 Å². The number of piperidine rings is 1. The van der Waals surface area contributed by atoms with Crippen molar-refractivity contribution in [3.05, 3.63) is 0 Å². The van der Waals surface area contributed by atoms with Crippen LogP contribution in [0.15, 0.2) is 0 Å². The second-order valence-corrected chi connectivity index (χ2v) is 8.76. The van der Waals surface area contributed by atoms with Gasteiger partial charge in [-0.1, -0.05) is 13.8 Å². The molecule has 0 aromatic carbocycles. The van der Waals surface area contributed by atoms with E-state index < -0.39 is 11.4 Å². The number of hydrogen-bond acceptors (Lipinski definition) is 5. The van der Waals surface area contributed by atoms with Crippen LogP contribution in [0.1, 0.15) is 40.0 Å². The second kappa shape index (κ2) is 8.61. The molecule has 2 heterocycles. The molecule has 4 amide bonds. The number of nitrogens with two attached hydrogens (primary N) is 1. The molecule has 148 valence electrons. The molecule has 7 nitrogen and oxygen atoms in total. The highest BCUT2D eigenvalue weighted by molar-refractivity contribution is 7.98. The Kier molecular flexibility index (Phi) is 6.96. The summed E-state index contributed by atoms with van der Waals surface area (Å²) in [5, 5.41) is 0. The summed E-state index contributed by atoms with van der Waals surface area (Å²) in [6.07, 6.45) is 4.15. The minimum absolute atomic E-state index is 0.248. The van der Waals surface area contributed by atoms with Crippen molar-refractivity contribution in [1.82, 2.24) is 14.7 Å². The normalized spacial score (nSPS) is 21.9. The average molecular weight is 385 g/mol. The van der Waals surface area contributed by atoms with Gasteiger partial charge in [0.05, 0.1) is 0 Å². The van der Waals surface area contributed by atoms with Crippen molar-refractivity contribution >= 4 is 29.6 Å². The molecule has 2 fully saturated rings. The number of carbonyl (C=O) groups excluding carboxylic acids is 3. The fourth-order valence-electron chi connectivity index (χ4n) is 3.94. The van der Waals surface area contributed by atoms with Gasteiger partial charge in [-0.15, -0.1) is 0 Å². The number of thioether (sulfide) groups is 1. The summed E-state index contributed by atoms with van der Waals surface area (Å²) in [5.41, 5.74) is 4.45. The van der Waals surface area contributed by atoms with Crippen LogP contribution in [0.25, 0.3) is 0 Å². The van der Waals surface area contributed by atoms with Crippen LogP contribution in [0.3, 0.4) is 0 Å². The minimum atomic E-state index is -0.809. The van der Waals surface area contributed by atoms with Gasteiger partial charge in [-0.3, -0.25) is 19.4 Å². The van der Waals surface area contributed by atoms with Crippen LogP contribution >= 0.6 is 11.8 Å². The Bertz CT molecular complexity index is 547. The van der Waals surface area contributed by atoms with E-state index in [1.807, 2.05) is 11.8 Å². The third-order valence-corrected chi connectivity index (χ3v) is 6.34. The van der Waals surface area contributed by atoms with Gasteiger partial charge in [-0.25, -0.2) is 4.79 Å². The van der Waals surface area contributed by atoms with Crippen molar-refractivity contribution in [3.63, 3.8) is 0 Å². The van der Waals surface area contributed by atoms with Crippen molar-refractivity contribution in [3.8, 4) is 0 Å². The molecular formula is C18H32N4O3S. The van der Waals surface area contributed by atoms with Crippen molar-refractivity contribution in [1.29, 1.82) is 0 Å². The lowest BCUT2D eigenvalue weighted by molar-refractivity contribution is -0.138. The van der Waals surface area contributed by atoms with E-state index in [0.29, 0.717) is 31.3 Å². The summed E-state index contributed by atoms with van der Waals surface area (Å²) < 4.78 is 0. The van der Waals surface area contributed by atoms with E-state index in [4.69, 9.17) is 5.73 Å². The Balaban J connectivity index is 2.20. The predicted molar refractivity (Wildman–Crippen MR) is 104 cm³/mol. The summed E-state index contributed by atoms with van der Waals surface area (Å²) in [5.74, 6) is 0.577. The fraction of sp³-hybridized carbons (Fsp3) is 0.833. The molecule has 1 atom stereocenters. The third kappa shape index (κ3) is 4.17. The molecule has 2 rings (SSSR count). The monoisotopic (exact) mass is 384 g/mol. The maximum Gasteiger partial charge on any atom is 0.328 e. The van der Waals surface area contributed by atoms with Gasteiger partial charge in [0.25, 0.3) is 5.91 Å². The molecule has 0 aromatic rings. The van der Waals surface area contributed by atoms with Crippen LogP contribution in [-0.4, -0.2) is 82.3 Å². The van der Waals surface area contributed by atoms with Gasteiger partial charge in [0.2, 0.25) is 5.91 Å². The van der Waals surface area contributed by atoms with E-state index >= 15 is 0 Å². The number of hydrogen-bond donors (Lipinski definition) is 1. The Hall–Kier alpha value is -1.28. The van der Waals surface area contributed by atoms with E-state index in [0.717, 1.165) is 30.2 Å². The van der Waals surface area contributed by atoms with Gasteiger partial charge >= 0.3 is 6.03 Å². The number of imide groups is 1. The Morgan fingerprint density at radius 1 is 1.23 bits per heavy atom. The van der Waals surface area contributed by atoms with Crippen LogP contribution in [0.2, 0.25) is 0 Å². The number of primary amides is 1. The maximum absolute atomic E-state index is 13.1. The third-order valence-electron chi connectivity index (χ3n) is 5.52. The highest BCUT2D eigenvalue weighted by atomic mass is 32.2. The first-order chi connectivity index (χ1) is 12.2. The smallest absolute Gasteiger partial charge is 0.328 e. The van der Waals surface area contributed by atoms with Crippen LogP contribution in [0, 0.1) is 5.92 Å². The van der Waals surface area contributed by atoms with Crippen molar-refractivity contribution < 1.29 is 14.4 Å². The van der Waals surface area contributed by atoms with Gasteiger partial charge in [-0.05, 0) is 38.4 Å². The number of amides is 4. The Labute approximate surface area is 160 Å². The number of likely N-dealkylation sites (tertiary alicyclic amines) is 1. The van der Waals surface area contributed by atoms with Gasteiger partial charge in [0.15, 0.2) is 0 Å². The zero-order valence-corrected chi connectivity index (χ0v) is 17.2. The quantitative estimate of drug-likeness (QED) is 0.639. The molecular weight excluding hydrogens is 352 g/mol. The molecule has 8 heteroatoms. The standard InChI is InChI=1S/C18H32N4O3S/c1-13(2)5-8-22-17(25)21(11-15(19)23)16(24)18(22)6-9-20(10-7-18)14(3)12-26-4/h13-14H,5-12H2,1-4H3,(H2,19,23). The molecule has 0 bridgehead atoms. The summed E-state index contributed by atoms with van der Waals surface area (Å²) in [6, 6.07) is 0.0838. The predicted octanol–water partition coefficient (Wildman–Crippen LogP) is 1.37. The lowest BCUT2D eigenvalue weighted by Crippen LogP contribution is -2.58. The van der Waals surface area contributed by atoms with Crippen LogP contribution in [0.4, 0.5) is 4.79 Å². The molecule has 2 N–H and O–H groups in total. The summed E-state index contributed by atoms with van der Waals surface area (Å²) in [4.78, 5) is 42.5. The Morgan fingerprint density at radius 3 is 2.35 bits per heavy atom. The molecule has 0 radical (unpaired) electrons. The topological polar surface area (TPSA) is 87.0 Å². The van der Waals surface area contributed by atoms with E-state index in [-0.39, 0.29) is 18.5 Å².